The Morgan fingerprint density at radius 1 is 1.19 bits per heavy atom. The van der Waals surface area contributed by atoms with E-state index in [1.807, 2.05) is 0 Å². The van der Waals surface area contributed by atoms with Crippen molar-refractivity contribution in [3.8, 4) is 11.5 Å². The van der Waals surface area contributed by atoms with Crippen molar-refractivity contribution in [2.45, 2.75) is 0 Å². The topological polar surface area (TPSA) is 118 Å². The molecule has 2 aromatic heterocycles. The molecule has 0 amide bonds. The highest BCUT2D eigenvalue weighted by atomic mass is 16.6. The Kier molecular flexibility index (Phi) is 3.88. The number of fused-ring (bicyclic) bond motifs is 3. The first-order valence-corrected chi connectivity index (χ1v) is 7.74. The van der Waals surface area contributed by atoms with E-state index in [1.54, 1.807) is 12.1 Å². The van der Waals surface area contributed by atoms with Gasteiger partial charge in [0, 0.05) is 12.1 Å². The van der Waals surface area contributed by atoms with Crippen LogP contribution < -0.4 is 9.47 Å². The van der Waals surface area contributed by atoms with Gasteiger partial charge in [-0.05, 0) is 24.3 Å². The molecule has 0 atom stereocenters. The molecule has 0 spiro atoms. The predicted octanol–water partition coefficient (Wildman–Crippen LogP) is 3.51. The van der Waals surface area contributed by atoms with Gasteiger partial charge in [0.2, 0.25) is 0 Å². The molecule has 0 aliphatic carbocycles. The largest absolute Gasteiger partial charge is 0.493 e. The van der Waals surface area contributed by atoms with Crippen LogP contribution in [0.2, 0.25) is 0 Å². The summed E-state index contributed by atoms with van der Waals surface area (Å²) in [4.78, 5) is 31.0. The van der Waals surface area contributed by atoms with Crippen molar-refractivity contribution in [2.24, 2.45) is 0 Å². The fourth-order valence-electron chi connectivity index (χ4n) is 2.72. The first kappa shape index (κ1) is 16.5. The van der Waals surface area contributed by atoms with Crippen molar-refractivity contribution in [1.82, 2.24) is 9.97 Å². The van der Waals surface area contributed by atoms with Gasteiger partial charge in [0.05, 0.1) is 29.2 Å². The molecule has 4 rings (SSSR count). The molecule has 134 valence electrons. The number of rotatable bonds is 4. The number of benzene rings is 2. The third kappa shape index (κ3) is 2.80. The fraction of sp³-hybridized carbons (Fsp3) is 0.0556. The minimum absolute atomic E-state index is 0.0980. The van der Waals surface area contributed by atoms with E-state index >= 15 is 0 Å². The molecular formula is C18H11N3O6. The number of ether oxygens (including phenoxy) is 2. The Balaban J connectivity index is 1.78. The molecule has 0 aliphatic heterocycles. The summed E-state index contributed by atoms with van der Waals surface area (Å²) in [5, 5.41) is 11.2. The van der Waals surface area contributed by atoms with Crippen molar-refractivity contribution in [3.63, 3.8) is 0 Å². The summed E-state index contributed by atoms with van der Waals surface area (Å²) < 4.78 is 16.4. The van der Waals surface area contributed by atoms with Gasteiger partial charge in [-0.1, -0.05) is 0 Å². The minimum atomic E-state index is -0.655. The van der Waals surface area contributed by atoms with Gasteiger partial charge in [0.1, 0.15) is 17.6 Å². The molecule has 4 aromatic rings. The fourth-order valence-corrected chi connectivity index (χ4v) is 2.72. The molecule has 0 saturated heterocycles. The van der Waals surface area contributed by atoms with Gasteiger partial charge in [-0.3, -0.25) is 10.1 Å². The van der Waals surface area contributed by atoms with Crippen LogP contribution in [0.25, 0.3) is 22.1 Å². The molecule has 0 bridgehead atoms. The van der Waals surface area contributed by atoms with Crippen molar-refractivity contribution < 1.29 is 23.6 Å². The summed E-state index contributed by atoms with van der Waals surface area (Å²) in [5.74, 6) is -0.0373. The number of non-ortho nitro benzene ring substituents is 1. The average molecular weight is 365 g/mol. The Bertz CT molecular complexity index is 1180. The zero-order valence-corrected chi connectivity index (χ0v) is 13.9. The number of methoxy groups -OCH3 is 1. The normalized spacial score (nSPS) is 10.9. The van der Waals surface area contributed by atoms with E-state index in [2.05, 4.69) is 9.97 Å². The molecule has 0 aliphatic rings. The summed E-state index contributed by atoms with van der Waals surface area (Å²) in [6.45, 7) is 0. The lowest BCUT2D eigenvalue weighted by molar-refractivity contribution is -0.384. The van der Waals surface area contributed by atoms with E-state index < -0.39 is 10.9 Å². The number of hydrogen-bond donors (Lipinski definition) is 0. The molecule has 2 aromatic carbocycles. The lowest BCUT2D eigenvalue weighted by Gasteiger charge is -2.07. The zero-order valence-electron chi connectivity index (χ0n) is 13.9. The second-order valence-corrected chi connectivity index (χ2v) is 5.50. The number of carbonyl (C=O) groups is 1. The first-order valence-electron chi connectivity index (χ1n) is 7.74. The number of nitrogens with zero attached hydrogens (tertiary/aromatic N) is 3. The van der Waals surface area contributed by atoms with Gasteiger partial charge < -0.3 is 13.9 Å². The molecular weight excluding hydrogens is 354 g/mol. The SMILES string of the molecule is COc1ccc(C(=O)Oc2ccc([N+](=O)[O-])cc2)c2c1oc1cncnc12. The van der Waals surface area contributed by atoms with Crippen molar-refractivity contribution in [3.05, 3.63) is 64.6 Å². The number of nitro groups is 1. The van der Waals surface area contributed by atoms with Crippen LogP contribution in [-0.2, 0) is 0 Å². The second-order valence-electron chi connectivity index (χ2n) is 5.50. The molecule has 27 heavy (non-hydrogen) atoms. The standard InChI is InChI=1S/C18H11N3O6/c1-25-13-7-6-12(15-16-14(27-17(13)15)8-19-9-20-16)18(22)26-11-4-2-10(3-5-11)21(23)24/h2-9H,1H3. The molecule has 0 N–H and O–H groups in total. The number of hydrogen-bond acceptors (Lipinski definition) is 8. The minimum Gasteiger partial charge on any atom is -0.493 e. The molecule has 9 nitrogen and oxygen atoms in total. The van der Waals surface area contributed by atoms with E-state index in [0.717, 1.165) is 0 Å². The Morgan fingerprint density at radius 2 is 1.96 bits per heavy atom. The van der Waals surface area contributed by atoms with Crippen LogP contribution >= 0.6 is 0 Å². The maximum atomic E-state index is 12.7. The van der Waals surface area contributed by atoms with Gasteiger partial charge >= 0.3 is 5.97 Å². The molecule has 0 fully saturated rings. The van der Waals surface area contributed by atoms with Crippen molar-refractivity contribution in [2.75, 3.05) is 7.11 Å². The first-order chi connectivity index (χ1) is 13.1. The predicted molar refractivity (Wildman–Crippen MR) is 93.9 cm³/mol. The van der Waals surface area contributed by atoms with Gasteiger partial charge in [-0.25, -0.2) is 14.8 Å². The Labute approximate surface area is 151 Å². The van der Waals surface area contributed by atoms with Gasteiger partial charge in [-0.2, -0.15) is 0 Å². The van der Waals surface area contributed by atoms with Crippen LogP contribution in [0, 0.1) is 10.1 Å². The average Bonchev–Trinajstić information content (AvgIpc) is 3.07. The van der Waals surface area contributed by atoms with Gasteiger partial charge in [0.25, 0.3) is 5.69 Å². The quantitative estimate of drug-likeness (QED) is 0.233. The van der Waals surface area contributed by atoms with Crippen LogP contribution in [-0.4, -0.2) is 28.0 Å². The van der Waals surface area contributed by atoms with Crippen molar-refractivity contribution >= 4 is 33.7 Å². The maximum absolute atomic E-state index is 12.7. The number of esters is 1. The lowest BCUT2D eigenvalue weighted by atomic mass is 10.1. The van der Waals surface area contributed by atoms with Crippen LogP contribution in [0.15, 0.2) is 53.3 Å². The lowest BCUT2D eigenvalue weighted by Crippen LogP contribution is -2.09. The third-order valence-electron chi connectivity index (χ3n) is 3.95. The zero-order chi connectivity index (χ0) is 19.0. The summed E-state index contributed by atoms with van der Waals surface area (Å²) in [5.41, 5.74) is 1.34. The van der Waals surface area contributed by atoms with Crippen LogP contribution in [0.5, 0.6) is 11.5 Å². The highest BCUT2D eigenvalue weighted by Gasteiger charge is 2.22. The van der Waals surface area contributed by atoms with E-state index in [1.165, 1.54) is 43.9 Å². The number of furan rings is 1. The highest BCUT2D eigenvalue weighted by Crippen LogP contribution is 2.36. The van der Waals surface area contributed by atoms with E-state index in [9.17, 15) is 14.9 Å². The summed E-state index contributed by atoms with van der Waals surface area (Å²) in [6.07, 6.45) is 2.84. The molecule has 2 heterocycles. The van der Waals surface area contributed by atoms with Gasteiger partial charge in [-0.15, -0.1) is 0 Å². The van der Waals surface area contributed by atoms with Crippen molar-refractivity contribution in [1.29, 1.82) is 0 Å². The number of aromatic nitrogens is 2. The third-order valence-corrected chi connectivity index (χ3v) is 3.95. The number of carbonyl (C=O) groups excluding carboxylic acids is 1. The Morgan fingerprint density at radius 3 is 2.67 bits per heavy atom. The number of nitro benzene ring substituents is 1. The van der Waals surface area contributed by atoms with Gasteiger partial charge in [0.15, 0.2) is 16.9 Å². The monoisotopic (exact) mass is 365 g/mol. The molecule has 0 unspecified atom stereocenters. The van der Waals surface area contributed by atoms with Crippen LogP contribution in [0.3, 0.4) is 0 Å². The molecule has 9 heteroatoms. The molecule has 0 saturated carbocycles. The maximum Gasteiger partial charge on any atom is 0.344 e. The van der Waals surface area contributed by atoms with E-state index in [0.29, 0.717) is 27.8 Å². The van der Waals surface area contributed by atoms with E-state index in [-0.39, 0.29) is 17.0 Å². The smallest absolute Gasteiger partial charge is 0.344 e. The van der Waals surface area contributed by atoms with Crippen LogP contribution in [0.1, 0.15) is 10.4 Å². The highest BCUT2D eigenvalue weighted by molar-refractivity contribution is 6.15. The summed E-state index contributed by atoms with van der Waals surface area (Å²) in [6, 6.07) is 8.36. The summed E-state index contributed by atoms with van der Waals surface area (Å²) >= 11 is 0. The Hall–Kier alpha value is -4.01. The van der Waals surface area contributed by atoms with Crippen LogP contribution in [0.4, 0.5) is 5.69 Å². The summed E-state index contributed by atoms with van der Waals surface area (Å²) in [7, 11) is 1.49. The molecule has 0 radical (unpaired) electrons. The second kappa shape index (κ2) is 6.37. The van der Waals surface area contributed by atoms with E-state index in [4.69, 9.17) is 13.9 Å².